The van der Waals surface area contributed by atoms with Crippen LogP contribution in [0.15, 0.2) is 48.5 Å². The molecule has 3 amide bonds. The molecule has 4 rings (SSSR count). The third-order valence-corrected chi connectivity index (χ3v) is 7.33. The van der Waals surface area contributed by atoms with Gasteiger partial charge in [0.15, 0.2) is 5.78 Å². The zero-order valence-corrected chi connectivity index (χ0v) is 21.9. The minimum Gasteiger partial charge on any atom is -0.292 e. The van der Waals surface area contributed by atoms with Crippen molar-refractivity contribution in [3.63, 3.8) is 0 Å². The average molecular weight is 612 g/mol. The molecule has 0 fully saturated rings. The third kappa shape index (κ3) is 4.90. The molecule has 0 bridgehead atoms. The average Bonchev–Trinajstić information content (AvgIpc) is 3.18. The van der Waals surface area contributed by atoms with Crippen LogP contribution in [-0.2, 0) is 0 Å². The second-order valence-electron chi connectivity index (χ2n) is 7.83. The minimum absolute atomic E-state index is 0.222. The van der Waals surface area contributed by atoms with E-state index in [-0.39, 0.29) is 26.2 Å². The van der Waals surface area contributed by atoms with Gasteiger partial charge in [-0.3, -0.25) is 39.4 Å². The number of non-ortho nitro benzene ring substituents is 2. The molecule has 0 aliphatic carbocycles. The van der Waals surface area contributed by atoms with E-state index in [0.717, 1.165) is 30.3 Å². The molecule has 0 aromatic heterocycles. The Morgan fingerprint density at radius 2 is 1.18 bits per heavy atom. The highest BCUT2D eigenvalue weighted by molar-refractivity contribution is 6.55. The van der Waals surface area contributed by atoms with Crippen LogP contribution in [0.4, 0.5) is 11.4 Å². The number of carbonyl (C=O) groups excluding carboxylic acids is 4. The number of hydrogen-bond donors (Lipinski definition) is 0. The summed E-state index contributed by atoms with van der Waals surface area (Å²) < 4.78 is 0. The molecule has 0 N–H and O–H groups in total. The summed E-state index contributed by atoms with van der Waals surface area (Å²) in [5.41, 5.74) is -2.47. The van der Waals surface area contributed by atoms with Crippen molar-refractivity contribution in [3.05, 3.63) is 111 Å². The fourth-order valence-electron chi connectivity index (χ4n) is 3.71. The van der Waals surface area contributed by atoms with Crippen LogP contribution in [0.5, 0.6) is 0 Å². The van der Waals surface area contributed by atoms with Gasteiger partial charge in [0.1, 0.15) is 6.54 Å². The van der Waals surface area contributed by atoms with Gasteiger partial charge in [-0.25, -0.2) is 5.01 Å². The van der Waals surface area contributed by atoms with E-state index < -0.39 is 72.4 Å². The molecule has 3 aromatic rings. The van der Waals surface area contributed by atoms with Gasteiger partial charge < -0.3 is 0 Å². The van der Waals surface area contributed by atoms with Gasteiger partial charge in [-0.1, -0.05) is 64.6 Å². The van der Waals surface area contributed by atoms with Crippen LogP contribution in [0.1, 0.15) is 41.4 Å². The first-order valence-electron chi connectivity index (χ1n) is 10.4. The molecule has 0 unspecified atom stereocenters. The number of nitro benzene ring substituents is 2. The molecule has 1 heterocycles. The van der Waals surface area contributed by atoms with Crippen molar-refractivity contribution in [2.45, 2.75) is 0 Å². The predicted molar refractivity (Wildman–Crippen MR) is 139 cm³/mol. The van der Waals surface area contributed by atoms with Crippen LogP contribution in [0.3, 0.4) is 0 Å². The van der Waals surface area contributed by atoms with E-state index in [0.29, 0.717) is 5.01 Å². The number of carbonyl (C=O) groups is 4. The van der Waals surface area contributed by atoms with Crippen molar-refractivity contribution >= 4 is 81.3 Å². The number of ketones is 1. The second kappa shape index (κ2) is 10.6. The Hall–Kier alpha value is -4.10. The number of amides is 3. The van der Waals surface area contributed by atoms with Gasteiger partial charge >= 0.3 is 0 Å². The number of halogens is 4. The number of rotatable bonds is 7. The summed E-state index contributed by atoms with van der Waals surface area (Å²) in [7, 11) is 0. The Morgan fingerprint density at radius 1 is 0.744 bits per heavy atom. The number of hydrazine groups is 1. The fraction of sp³-hybridized carbons (Fsp3) is 0.0435. The highest BCUT2D eigenvalue weighted by Crippen LogP contribution is 2.45. The van der Waals surface area contributed by atoms with Gasteiger partial charge in [-0.15, -0.1) is 0 Å². The summed E-state index contributed by atoms with van der Waals surface area (Å²) in [6.07, 6.45) is 0. The van der Waals surface area contributed by atoms with Crippen molar-refractivity contribution in [1.29, 1.82) is 0 Å². The largest absolute Gasteiger partial charge is 0.292 e. The molecule has 0 radical (unpaired) electrons. The molecule has 0 saturated heterocycles. The SMILES string of the molecule is O=C(CN(C(=O)c1cccc([N+](=O)[O-])c1)N1C(=O)c2c(Cl)c(Cl)c(Cl)c(Cl)c2C1=O)c1cccc([N+](=O)[O-])c1. The van der Waals surface area contributed by atoms with E-state index in [1.807, 2.05) is 0 Å². The number of Topliss-reactive ketones (excluding diaryl/α,β-unsaturated/α-hetero) is 1. The summed E-state index contributed by atoms with van der Waals surface area (Å²) in [5, 5.41) is 21.6. The van der Waals surface area contributed by atoms with E-state index in [2.05, 4.69) is 0 Å². The highest BCUT2D eigenvalue weighted by Gasteiger charge is 2.46. The number of nitro groups is 2. The van der Waals surface area contributed by atoms with Gasteiger partial charge in [0.25, 0.3) is 29.1 Å². The van der Waals surface area contributed by atoms with E-state index in [1.165, 1.54) is 18.2 Å². The molecule has 0 spiro atoms. The second-order valence-corrected chi connectivity index (χ2v) is 9.34. The zero-order chi connectivity index (χ0) is 28.8. The molecule has 1 aliphatic rings. The first kappa shape index (κ1) is 27.9. The smallest absolute Gasteiger partial charge is 0.282 e. The van der Waals surface area contributed by atoms with Crippen LogP contribution in [-0.4, -0.2) is 49.9 Å². The number of fused-ring (bicyclic) bond motifs is 1. The van der Waals surface area contributed by atoms with Crippen molar-refractivity contribution in [3.8, 4) is 0 Å². The van der Waals surface area contributed by atoms with Crippen molar-refractivity contribution in [2.75, 3.05) is 6.54 Å². The number of benzene rings is 3. The molecule has 16 heteroatoms. The van der Waals surface area contributed by atoms with Crippen LogP contribution in [0.25, 0.3) is 0 Å². The first-order valence-corrected chi connectivity index (χ1v) is 11.9. The van der Waals surface area contributed by atoms with Crippen LogP contribution >= 0.6 is 46.4 Å². The molecule has 3 aromatic carbocycles. The van der Waals surface area contributed by atoms with E-state index in [9.17, 15) is 39.4 Å². The van der Waals surface area contributed by atoms with Gasteiger partial charge in [-0.2, -0.15) is 5.01 Å². The summed E-state index contributed by atoms with van der Waals surface area (Å²) in [6, 6.07) is 8.83. The molecular weight excluding hydrogens is 602 g/mol. The summed E-state index contributed by atoms with van der Waals surface area (Å²) >= 11 is 24.4. The van der Waals surface area contributed by atoms with Gasteiger partial charge in [0.05, 0.1) is 41.1 Å². The Labute approximate surface area is 237 Å². The molecule has 198 valence electrons. The molecular formula is C23H10Cl4N4O8. The highest BCUT2D eigenvalue weighted by atomic mass is 35.5. The fourth-order valence-corrected chi connectivity index (χ4v) is 4.73. The van der Waals surface area contributed by atoms with Crippen LogP contribution in [0, 0.1) is 20.2 Å². The lowest BCUT2D eigenvalue weighted by molar-refractivity contribution is -0.385. The minimum atomic E-state index is -1.19. The predicted octanol–water partition coefficient (Wildman–Crippen LogP) is 5.65. The monoisotopic (exact) mass is 610 g/mol. The van der Waals surface area contributed by atoms with E-state index >= 15 is 0 Å². The van der Waals surface area contributed by atoms with Crippen LogP contribution in [0.2, 0.25) is 20.1 Å². The van der Waals surface area contributed by atoms with E-state index in [1.54, 1.807) is 0 Å². The zero-order valence-electron chi connectivity index (χ0n) is 18.9. The standard InChI is InChI=1S/C23H10Cl4N4O8/c24-17-15-16(18(25)20(27)19(17)26)23(35)29(22(15)34)28(21(33)11-4-2-6-13(8-11)31(38)39)9-14(32)10-3-1-5-12(7-10)30(36)37/h1-8H,9H2. The summed E-state index contributed by atoms with van der Waals surface area (Å²) in [5.74, 6) is -4.46. The lowest BCUT2D eigenvalue weighted by Crippen LogP contribution is -2.51. The number of imide groups is 1. The Kier molecular flexibility index (Phi) is 7.57. The van der Waals surface area contributed by atoms with Crippen molar-refractivity contribution < 1.29 is 29.0 Å². The Bertz CT molecular complexity index is 1600. The van der Waals surface area contributed by atoms with Crippen molar-refractivity contribution in [2.24, 2.45) is 0 Å². The quantitative estimate of drug-likeness (QED) is 0.0826. The van der Waals surface area contributed by atoms with Gasteiger partial charge in [0, 0.05) is 35.4 Å². The molecule has 0 atom stereocenters. The van der Waals surface area contributed by atoms with Gasteiger partial charge in [0.2, 0.25) is 0 Å². The molecule has 12 nitrogen and oxygen atoms in total. The Morgan fingerprint density at radius 3 is 1.64 bits per heavy atom. The molecule has 39 heavy (non-hydrogen) atoms. The van der Waals surface area contributed by atoms with E-state index in [4.69, 9.17) is 46.4 Å². The molecule has 0 saturated carbocycles. The maximum absolute atomic E-state index is 13.6. The number of nitrogens with zero attached hydrogens (tertiary/aromatic N) is 4. The normalized spacial score (nSPS) is 12.4. The summed E-state index contributed by atoms with van der Waals surface area (Å²) in [4.78, 5) is 74.4. The number of hydrogen-bond acceptors (Lipinski definition) is 8. The summed E-state index contributed by atoms with van der Waals surface area (Å²) in [6.45, 7) is -0.995. The topological polar surface area (TPSA) is 161 Å². The Balaban J connectivity index is 1.84. The first-order chi connectivity index (χ1) is 18.3. The maximum atomic E-state index is 13.6. The van der Waals surface area contributed by atoms with Gasteiger partial charge in [-0.05, 0) is 6.07 Å². The van der Waals surface area contributed by atoms with Crippen molar-refractivity contribution in [1.82, 2.24) is 10.0 Å². The third-order valence-electron chi connectivity index (χ3n) is 5.53. The lowest BCUT2D eigenvalue weighted by atomic mass is 10.1. The van der Waals surface area contributed by atoms with Crippen LogP contribution < -0.4 is 0 Å². The lowest BCUT2D eigenvalue weighted by Gasteiger charge is -2.29. The molecule has 1 aliphatic heterocycles. The maximum Gasteiger partial charge on any atom is 0.282 e.